The maximum atomic E-state index is 13.4. The van der Waals surface area contributed by atoms with E-state index >= 15 is 0 Å². The monoisotopic (exact) mass is 245 g/mol. The molecule has 1 nitrogen and oxygen atoms in total. The SMILES string of the molecule is CNCCC(F)c1ccc(Br)cc1. The standard InChI is InChI=1S/C10H13BrFN/c1-13-7-6-10(12)8-2-4-9(11)5-3-8/h2-5,10,13H,6-7H2,1H3. The largest absolute Gasteiger partial charge is 0.320 e. The molecule has 13 heavy (non-hydrogen) atoms. The molecule has 0 bridgehead atoms. The second-order valence-corrected chi connectivity index (χ2v) is 3.83. The quantitative estimate of drug-likeness (QED) is 0.860. The Kier molecular flexibility index (Phi) is 4.39. The molecule has 1 rings (SSSR count). The normalized spacial score (nSPS) is 12.8. The van der Waals surface area contributed by atoms with Gasteiger partial charge in [0.05, 0.1) is 0 Å². The Morgan fingerprint density at radius 2 is 2.00 bits per heavy atom. The number of rotatable bonds is 4. The van der Waals surface area contributed by atoms with Crippen LogP contribution in [0.5, 0.6) is 0 Å². The Morgan fingerprint density at radius 1 is 1.38 bits per heavy atom. The molecule has 1 unspecified atom stereocenters. The molecule has 0 saturated carbocycles. The molecule has 1 aromatic rings. The third-order valence-corrected chi connectivity index (χ3v) is 2.41. The summed E-state index contributed by atoms with van der Waals surface area (Å²) in [7, 11) is 1.83. The first-order valence-electron chi connectivity index (χ1n) is 4.28. The number of alkyl halides is 1. The lowest BCUT2D eigenvalue weighted by molar-refractivity contribution is 0.321. The van der Waals surface area contributed by atoms with Crippen molar-refractivity contribution in [2.75, 3.05) is 13.6 Å². The van der Waals surface area contributed by atoms with Crippen molar-refractivity contribution >= 4 is 15.9 Å². The van der Waals surface area contributed by atoms with E-state index in [1.54, 1.807) is 0 Å². The molecule has 1 atom stereocenters. The molecule has 0 aromatic heterocycles. The molecule has 0 amide bonds. The van der Waals surface area contributed by atoms with Crippen molar-refractivity contribution in [1.82, 2.24) is 5.32 Å². The molecule has 0 radical (unpaired) electrons. The molecule has 72 valence electrons. The van der Waals surface area contributed by atoms with Crippen LogP contribution in [0.1, 0.15) is 18.2 Å². The molecule has 0 saturated heterocycles. The molecule has 0 aliphatic heterocycles. The van der Waals surface area contributed by atoms with E-state index < -0.39 is 6.17 Å². The van der Waals surface area contributed by atoms with Crippen LogP contribution in [0.15, 0.2) is 28.7 Å². The predicted octanol–water partition coefficient (Wildman–Crippen LogP) is 3.07. The summed E-state index contributed by atoms with van der Waals surface area (Å²) in [6.45, 7) is 0.706. The topological polar surface area (TPSA) is 12.0 Å². The summed E-state index contributed by atoms with van der Waals surface area (Å²) in [5, 5.41) is 2.93. The van der Waals surface area contributed by atoms with Crippen LogP contribution in [-0.2, 0) is 0 Å². The Morgan fingerprint density at radius 3 is 2.54 bits per heavy atom. The first kappa shape index (κ1) is 10.7. The summed E-state index contributed by atoms with van der Waals surface area (Å²) in [6, 6.07) is 7.34. The highest BCUT2D eigenvalue weighted by Gasteiger charge is 2.07. The van der Waals surface area contributed by atoms with Crippen molar-refractivity contribution < 1.29 is 4.39 Å². The van der Waals surface area contributed by atoms with Crippen LogP contribution >= 0.6 is 15.9 Å². The summed E-state index contributed by atoms with van der Waals surface area (Å²) in [5.74, 6) is 0. The molecular formula is C10H13BrFN. The van der Waals surface area contributed by atoms with E-state index in [2.05, 4.69) is 21.2 Å². The zero-order valence-corrected chi connectivity index (χ0v) is 9.14. The Balaban J connectivity index is 2.55. The summed E-state index contributed by atoms with van der Waals surface area (Å²) >= 11 is 3.31. The second-order valence-electron chi connectivity index (χ2n) is 2.91. The fourth-order valence-electron chi connectivity index (χ4n) is 1.11. The van der Waals surface area contributed by atoms with Crippen LogP contribution in [0.2, 0.25) is 0 Å². The Hall–Kier alpha value is -0.410. The number of hydrogen-bond acceptors (Lipinski definition) is 1. The Labute approximate surface area is 86.5 Å². The van der Waals surface area contributed by atoms with E-state index in [0.29, 0.717) is 13.0 Å². The highest BCUT2D eigenvalue weighted by Crippen LogP contribution is 2.22. The van der Waals surface area contributed by atoms with E-state index in [9.17, 15) is 4.39 Å². The van der Waals surface area contributed by atoms with Gasteiger partial charge in [0, 0.05) is 4.47 Å². The minimum atomic E-state index is -0.861. The van der Waals surface area contributed by atoms with E-state index in [1.165, 1.54) is 0 Å². The van der Waals surface area contributed by atoms with E-state index in [1.807, 2.05) is 31.3 Å². The lowest BCUT2D eigenvalue weighted by atomic mass is 10.1. The number of nitrogens with one attached hydrogen (secondary N) is 1. The maximum Gasteiger partial charge on any atom is 0.126 e. The zero-order chi connectivity index (χ0) is 9.68. The van der Waals surface area contributed by atoms with Gasteiger partial charge in [-0.1, -0.05) is 28.1 Å². The van der Waals surface area contributed by atoms with E-state index in [-0.39, 0.29) is 0 Å². The van der Waals surface area contributed by atoms with Crippen LogP contribution < -0.4 is 5.32 Å². The van der Waals surface area contributed by atoms with E-state index in [0.717, 1.165) is 10.0 Å². The van der Waals surface area contributed by atoms with Gasteiger partial charge in [-0.3, -0.25) is 0 Å². The van der Waals surface area contributed by atoms with Crippen LogP contribution in [0.4, 0.5) is 4.39 Å². The first-order chi connectivity index (χ1) is 6.24. The second kappa shape index (κ2) is 5.35. The van der Waals surface area contributed by atoms with Gasteiger partial charge in [0.2, 0.25) is 0 Å². The van der Waals surface area contributed by atoms with Crippen LogP contribution in [0, 0.1) is 0 Å². The average Bonchev–Trinajstić information content (AvgIpc) is 2.15. The van der Waals surface area contributed by atoms with Crippen molar-refractivity contribution in [1.29, 1.82) is 0 Å². The Bertz CT molecular complexity index is 248. The van der Waals surface area contributed by atoms with Crippen molar-refractivity contribution in [3.8, 4) is 0 Å². The van der Waals surface area contributed by atoms with Crippen molar-refractivity contribution in [3.63, 3.8) is 0 Å². The van der Waals surface area contributed by atoms with Gasteiger partial charge in [-0.05, 0) is 37.7 Å². The third-order valence-electron chi connectivity index (χ3n) is 1.88. The molecule has 0 fully saturated rings. The fraction of sp³-hybridized carbons (Fsp3) is 0.400. The summed E-state index contributed by atoms with van der Waals surface area (Å²) in [4.78, 5) is 0. The van der Waals surface area contributed by atoms with Crippen LogP contribution in [0.25, 0.3) is 0 Å². The molecule has 0 aliphatic carbocycles. The molecule has 1 aromatic carbocycles. The molecular weight excluding hydrogens is 233 g/mol. The minimum absolute atomic E-state index is 0.526. The minimum Gasteiger partial charge on any atom is -0.320 e. The van der Waals surface area contributed by atoms with Gasteiger partial charge in [0.1, 0.15) is 6.17 Å². The average molecular weight is 246 g/mol. The number of benzene rings is 1. The van der Waals surface area contributed by atoms with Crippen LogP contribution in [-0.4, -0.2) is 13.6 Å². The fourth-order valence-corrected chi connectivity index (χ4v) is 1.37. The van der Waals surface area contributed by atoms with Crippen molar-refractivity contribution in [2.45, 2.75) is 12.6 Å². The lowest BCUT2D eigenvalue weighted by Gasteiger charge is -2.07. The molecule has 1 N–H and O–H groups in total. The predicted molar refractivity (Wildman–Crippen MR) is 56.5 cm³/mol. The van der Waals surface area contributed by atoms with Gasteiger partial charge in [0.25, 0.3) is 0 Å². The zero-order valence-electron chi connectivity index (χ0n) is 7.56. The molecule has 3 heteroatoms. The molecule has 0 aliphatic rings. The first-order valence-corrected chi connectivity index (χ1v) is 5.07. The van der Waals surface area contributed by atoms with Gasteiger partial charge in [0.15, 0.2) is 0 Å². The van der Waals surface area contributed by atoms with Gasteiger partial charge in [-0.25, -0.2) is 4.39 Å². The summed E-state index contributed by atoms with van der Waals surface area (Å²) < 4.78 is 14.4. The number of hydrogen-bond donors (Lipinski definition) is 1. The van der Waals surface area contributed by atoms with Crippen LogP contribution in [0.3, 0.4) is 0 Å². The van der Waals surface area contributed by atoms with Gasteiger partial charge >= 0.3 is 0 Å². The maximum absolute atomic E-state index is 13.4. The lowest BCUT2D eigenvalue weighted by Crippen LogP contribution is -2.10. The molecule has 0 spiro atoms. The van der Waals surface area contributed by atoms with Crippen molar-refractivity contribution in [2.24, 2.45) is 0 Å². The number of halogens is 2. The highest BCUT2D eigenvalue weighted by molar-refractivity contribution is 9.10. The third kappa shape index (κ3) is 3.44. The van der Waals surface area contributed by atoms with Crippen molar-refractivity contribution in [3.05, 3.63) is 34.3 Å². The smallest absolute Gasteiger partial charge is 0.126 e. The summed E-state index contributed by atoms with van der Waals surface area (Å²) in [5.41, 5.74) is 0.749. The van der Waals surface area contributed by atoms with Gasteiger partial charge in [-0.2, -0.15) is 0 Å². The molecule has 0 heterocycles. The van der Waals surface area contributed by atoms with Gasteiger partial charge in [-0.15, -0.1) is 0 Å². The van der Waals surface area contributed by atoms with E-state index in [4.69, 9.17) is 0 Å². The highest BCUT2D eigenvalue weighted by atomic mass is 79.9. The summed E-state index contributed by atoms with van der Waals surface area (Å²) in [6.07, 6.45) is -0.335. The van der Waals surface area contributed by atoms with Gasteiger partial charge < -0.3 is 5.32 Å².